The normalized spacial score (nSPS) is 11.8. The minimum Gasteiger partial charge on any atom is -0.493 e. The summed E-state index contributed by atoms with van der Waals surface area (Å²) < 4.78 is 47.4. The fourth-order valence-electron chi connectivity index (χ4n) is 5.65. The van der Waals surface area contributed by atoms with E-state index in [0.29, 0.717) is 31.7 Å². The molecule has 0 saturated heterocycles. The molecule has 0 aliphatic carbocycles. The van der Waals surface area contributed by atoms with Gasteiger partial charge in [-0.25, -0.2) is 0 Å². The predicted molar refractivity (Wildman–Crippen MR) is 175 cm³/mol. The van der Waals surface area contributed by atoms with Crippen LogP contribution in [-0.4, -0.2) is 31.1 Å². The summed E-state index contributed by atoms with van der Waals surface area (Å²) in [6.07, 6.45) is -3.84. The topological polar surface area (TPSA) is 24.5 Å². The number of nitrogens with zero attached hydrogens (tertiary/aromatic N) is 1. The van der Waals surface area contributed by atoms with Crippen molar-refractivity contribution >= 4 is 28.1 Å². The second-order valence-corrected chi connectivity index (χ2v) is 11.2. The van der Waals surface area contributed by atoms with Crippen LogP contribution in [0.15, 0.2) is 115 Å². The maximum absolute atomic E-state index is 13.7. The molecule has 228 valence electrons. The van der Waals surface area contributed by atoms with Crippen molar-refractivity contribution < 1.29 is 17.9 Å². The van der Waals surface area contributed by atoms with Crippen LogP contribution in [0.3, 0.4) is 0 Å². The number of nitrogens with one attached hydrogen (secondary N) is 1. The van der Waals surface area contributed by atoms with Crippen LogP contribution in [0.1, 0.15) is 41.5 Å². The number of rotatable bonds is 13. The molecule has 0 spiro atoms. The molecule has 3 nitrogen and oxygen atoms in total. The number of hydrogen-bond donors (Lipinski definition) is 1. The summed E-state index contributed by atoms with van der Waals surface area (Å²) in [7, 11) is 0. The summed E-state index contributed by atoms with van der Waals surface area (Å²) >= 11 is 6.36. The van der Waals surface area contributed by atoms with Gasteiger partial charge < -0.3 is 10.1 Å². The first-order valence-corrected chi connectivity index (χ1v) is 15.3. The average Bonchev–Trinajstić information content (AvgIpc) is 3.03. The van der Waals surface area contributed by atoms with E-state index in [1.807, 2.05) is 54.6 Å². The van der Waals surface area contributed by atoms with Gasteiger partial charge in [0.25, 0.3) is 0 Å². The molecule has 0 aromatic heterocycles. The van der Waals surface area contributed by atoms with Crippen LogP contribution in [-0.2, 0) is 12.7 Å². The zero-order valence-electron chi connectivity index (χ0n) is 24.7. The third-order valence-electron chi connectivity index (χ3n) is 7.75. The highest BCUT2D eigenvalue weighted by molar-refractivity contribution is 6.32. The fourth-order valence-corrected chi connectivity index (χ4v) is 5.94. The number of anilines is 1. The number of halogens is 4. The molecule has 44 heavy (non-hydrogen) atoms. The molecule has 5 aromatic rings. The second-order valence-electron chi connectivity index (χ2n) is 10.8. The highest BCUT2D eigenvalue weighted by atomic mass is 35.5. The van der Waals surface area contributed by atoms with Crippen molar-refractivity contribution in [1.82, 2.24) is 4.90 Å². The molecule has 5 aromatic carbocycles. The van der Waals surface area contributed by atoms with Gasteiger partial charge >= 0.3 is 6.18 Å². The Balaban J connectivity index is 1.38. The summed E-state index contributed by atoms with van der Waals surface area (Å²) in [4.78, 5) is 2.18. The second kappa shape index (κ2) is 14.7. The standard InChI is InChI=1S/C37H36ClF3N2O/c1-2-42-34-21-10-19-31-30(34)18-11-22-35(31)44-24-12-23-43(25-29-17-9-20-33(36(29)38)37(39,40)41)26-32(27-13-5-3-6-14-27)28-15-7-4-8-16-28/h3-11,13-22,32,42H,2,12,23-26H2,1H3. The number of fused-ring (bicyclic) bond motifs is 1. The van der Waals surface area contributed by atoms with Gasteiger partial charge in [0, 0.05) is 48.6 Å². The van der Waals surface area contributed by atoms with Crippen molar-refractivity contribution in [3.05, 3.63) is 143 Å². The molecule has 0 saturated carbocycles. The molecule has 0 amide bonds. The lowest BCUT2D eigenvalue weighted by molar-refractivity contribution is -0.137. The molecule has 7 heteroatoms. The van der Waals surface area contributed by atoms with Gasteiger partial charge in [-0.2, -0.15) is 13.2 Å². The minimum absolute atomic E-state index is 0.0189. The first-order chi connectivity index (χ1) is 21.3. The Morgan fingerprint density at radius 1 is 0.773 bits per heavy atom. The molecule has 5 rings (SSSR count). The van der Waals surface area contributed by atoms with Crippen molar-refractivity contribution in [2.24, 2.45) is 0 Å². The summed E-state index contributed by atoms with van der Waals surface area (Å²) in [6.45, 7) is 4.83. The van der Waals surface area contributed by atoms with Gasteiger partial charge in [-0.05, 0) is 48.2 Å². The third kappa shape index (κ3) is 7.74. The fraction of sp³-hybridized carbons (Fsp3) is 0.243. The van der Waals surface area contributed by atoms with Gasteiger partial charge in [0.15, 0.2) is 0 Å². The predicted octanol–water partition coefficient (Wildman–Crippen LogP) is 10.0. The Bertz CT molecular complexity index is 1600. The SMILES string of the molecule is CCNc1cccc2c(OCCCN(Cc3cccc(C(F)(F)F)c3Cl)CC(c3ccccc3)c3ccccc3)cccc12. The number of hydrogen-bond acceptors (Lipinski definition) is 3. The van der Waals surface area contributed by atoms with Gasteiger partial charge in [-0.1, -0.05) is 109 Å². The van der Waals surface area contributed by atoms with E-state index in [9.17, 15) is 13.2 Å². The Morgan fingerprint density at radius 3 is 2.07 bits per heavy atom. The Kier molecular flexibility index (Phi) is 10.5. The van der Waals surface area contributed by atoms with Crippen molar-refractivity contribution in [3.63, 3.8) is 0 Å². The maximum atomic E-state index is 13.7. The molecular formula is C37H36ClF3N2O. The highest BCUT2D eigenvalue weighted by Gasteiger charge is 2.34. The van der Waals surface area contributed by atoms with Crippen molar-refractivity contribution in [1.29, 1.82) is 0 Å². The maximum Gasteiger partial charge on any atom is 0.417 e. The smallest absolute Gasteiger partial charge is 0.417 e. The van der Waals surface area contributed by atoms with Crippen LogP contribution in [0, 0.1) is 0 Å². The van der Waals surface area contributed by atoms with E-state index in [1.54, 1.807) is 6.07 Å². The van der Waals surface area contributed by atoms with E-state index in [0.717, 1.165) is 45.9 Å². The lowest BCUT2D eigenvalue weighted by atomic mass is 9.90. The lowest BCUT2D eigenvalue weighted by Gasteiger charge is -2.29. The number of alkyl halides is 3. The van der Waals surface area contributed by atoms with Gasteiger partial charge in [0.2, 0.25) is 0 Å². The van der Waals surface area contributed by atoms with Gasteiger partial charge in [0.05, 0.1) is 17.2 Å². The van der Waals surface area contributed by atoms with E-state index >= 15 is 0 Å². The van der Waals surface area contributed by atoms with Gasteiger partial charge in [0.1, 0.15) is 5.75 Å². The van der Waals surface area contributed by atoms with E-state index in [2.05, 4.69) is 59.6 Å². The van der Waals surface area contributed by atoms with E-state index in [4.69, 9.17) is 16.3 Å². The molecular weight excluding hydrogens is 581 g/mol. The van der Waals surface area contributed by atoms with Crippen LogP contribution in [0.5, 0.6) is 5.75 Å². The number of benzene rings is 5. The van der Waals surface area contributed by atoms with Gasteiger partial charge in [-0.3, -0.25) is 4.90 Å². The molecule has 0 radical (unpaired) electrons. The third-order valence-corrected chi connectivity index (χ3v) is 8.19. The lowest BCUT2D eigenvalue weighted by Crippen LogP contribution is -2.31. The first-order valence-electron chi connectivity index (χ1n) is 14.9. The van der Waals surface area contributed by atoms with Crippen LogP contribution >= 0.6 is 11.6 Å². The number of ether oxygens (including phenoxy) is 1. The molecule has 0 bridgehead atoms. The molecule has 0 unspecified atom stereocenters. The molecule has 0 aliphatic heterocycles. The molecule has 1 N–H and O–H groups in total. The van der Waals surface area contributed by atoms with Crippen molar-refractivity contribution in [3.8, 4) is 5.75 Å². The van der Waals surface area contributed by atoms with E-state index in [1.165, 1.54) is 6.07 Å². The van der Waals surface area contributed by atoms with Crippen molar-refractivity contribution in [2.75, 3.05) is 31.6 Å². The Morgan fingerprint density at radius 2 is 1.41 bits per heavy atom. The zero-order chi connectivity index (χ0) is 30.9. The van der Waals surface area contributed by atoms with E-state index in [-0.39, 0.29) is 17.5 Å². The quantitative estimate of drug-likeness (QED) is 0.133. The monoisotopic (exact) mass is 616 g/mol. The van der Waals surface area contributed by atoms with Crippen molar-refractivity contribution in [2.45, 2.75) is 32.0 Å². The minimum atomic E-state index is -4.52. The summed E-state index contributed by atoms with van der Waals surface area (Å²) in [6, 6.07) is 36.7. The van der Waals surface area contributed by atoms with E-state index < -0.39 is 11.7 Å². The largest absolute Gasteiger partial charge is 0.493 e. The zero-order valence-corrected chi connectivity index (χ0v) is 25.4. The average molecular weight is 617 g/mol. The van der Waals surface area contributed by atoms with Crippen LogP contribution in [0.25, 0.3) is 10.8 Å². The summed E-state index contributed by atoms with van der Waals surface area (Å²) in [5, 5.41) is 5.29. The van der Waals surface area contributed by atoms with Crippen LogP contribution < -0.4 is 10.1 Å². The molecule has 0 heterocycles. The van der Waals surface area contributed by atoms with Crippen LogP contribution in [0.2, 0.25) is 5.02 Å². The highest BCUT2D eigenvalue weighted by Crippen LogP contribution is 2.37. The van der Waals surface area contributed by atoms with Gasteiger partial charge in [-0.15, -0.1) is 0 Å². The Hall–Kier alpha value is -4.00. The van der Waals surface area contributed by atoms with Crippen LogP contribution in [0.4, 0.5) is 18.9 Å². The first kappa shape index (κ1) is 31.4. The molecule has 0 aliphatic rings. The summed E-state index contributed by atoms with van der Waals surface area (Å²) in [5.74, 6) is 0.826. The summed E-state index contributed by atoms with van der Waals surface area (Å²) in [5.41, 5.74) is 2.99. The molecule has 0 fully saturated rings. The molecule has 0 atom stereocenters. The Labute approximate surface area is 262 Å².